The molecule has 0 unspecified atom stereocenters. The average Bonchev–Trinajstić information content (AvgIpc) is 2.72. The third-order valence-electron chi connectivity index (χ3n) is 2.60. The number of hydrogen-bond acceptors (Lipinski definition) is 3. The van der Waals surface area contributed by atoms with Crippen molar-refractivity contribution < 1.29 is 0 Å². The second kappa shape index (κ2) is 4.47. The van der Waals surface area contributed by atoms with Crippen LogP contribution in [0.4, 0.5) is 0 Å². The Kier molecular flexibility index (Phi) is 3.28. The van der Waals surface area contributed by atoms with Crippen molar-refractivity contribution in [3.8, 4) is 0 Å². The highest BCUT2D eigenvalue weighted by molar-refractivity contribution is 7.99. The van der Waals surface area contributed by atoms with Gasteiger partial charge in [-0.2, -0.15) is 11.8 Å². The van der Waals surface area contributed by atoms with Gasteiger partial charge in [0.1, 0.15) is 0 Å². The first-order valence-electron chi connectivity index (χ1n) is 4.87. The van der Waals surface area contributed by atoms with Gasteiger partial charge < -0.3 is 0 Å². The van der Waals surface area contributed by atoms with E-state index in [2.05, 4.69) is 23.7 Å². The number of nitrogens with zero attached hydrogens (tertiary/aromatic N) is 1. The molecule has 2 rings (SSSR count). The fourth-order valence-electron chi connectivity index (χ4n) is 1.71. The Morgan fingerprint density at radius 2 is 2.31 bits per heavy atom. The normalized spacial score (nSPS) is 18.2. The second-order valence-corrected chi connectivity index (χ2v) is 5.81. The average molecular weight is 213 g/mol. The topological polar surface area (TPSA) is 12.9 Å². The van der Waals surface area contributed by atoms with Crippen molar-refractivity contribution in [1.29, 1.82) is 0 Å². The first-order valence-corrected chi connectivity index (χ1v) is 6.79. The van der Waals surface area contributed by atoms with Crippen LogP contribution < -0.4 is 0 Å². The molecule has 0 radical (unpaired) electrons. The molecule has 3 heteroatoms. The van der Waals surface area contributed by atoms with Crippen LogP contribution in [-0.2, 0) is 5.75 Å². The molecule has 0 saturated heterocycles. The van der Waals surface area contributed by atoms with Gasteiger partial charge in [0, 0.05) is 15.9 Å². The van der Waals surface area contributed by atoms with Crippen LogP contribution in [0.5, 0.6) is 0 Å². The minimum atomic E-state index is 0.932. The van der Waals surface area contributed by atoms with Gasteiger partial charge in [-0.3, -0.25) is 0 Å². The maximum Gasteiger partial charge on any atom is 0.0797 e. The Morgan fingerprint density at radius 3 is 2.92 bits per heavy atom. The molecule has 1 heterocycles. The number of thiazole rings is 1. The van der Waals surface area contributed by atoms with E-state index in [1.807, 2.05) is 5.51 Å². The maximum atomic E-state index is 4.27. The molecule has 72 valence electrons. The summed E-state index contributed by atoms with van der Waals surface area (Å²) in [5.74, 6) is 1.18. The van der Waals surface area contributed by atoms with Crippen LogP contribution in [0.2, 0.25) is 0 Å². The predicted molar refractivity (Wildman–Crippen MR) is 60.4 cm³/mol. The second-order valence-electron chi connectivity index (χ2n) is 3.58. The van der Waals surface area contributed by atoms with Crippen LogP contribution in [0.15, 0.2) is 5.51 Å². The lowest BCUT2D eigenvalue weighted by molar-refractivity contribution is 0.886. The molecule has 1 saturated carbocycles. The van der Waals surface area contributed by atoms with E-state index < -0.39 is 0 Å². The number of aromatic nitrogens is 1. The summed E-state index contributed by atoms with van der Waals surface area (Å²) in [4.78, 5) is 5.74. The largest absolute Gasteiger partial charge is 0.250 e. The molecule has 0 atom stereocenters. The van der Waals surface area contributed by atoms with Crippen molar-refractivity contribution in [2.24, 2.45) is 0 Å². The molecule has 0 bridgehead atoms. The molecular formula is C10H15NS2. The van der Waals surface area contributed by atoms with E-state index >= 15 is 0 Å². The highest BCUT2D eigenvalue weighted by Gasteiger charge is 2.15. The van der Waals surface area contributed by atoms with Crippen molar-refractivity contribution in [2.75, 3.05) is 0 Å². The van der Waals surface area contributed by atoms with Gasteiger partial charge >= 0.3 is 0 Å². The van der Waals surface area contributed by atoms with E-state index in [0.29, 0.717) is 0 Å². The third-order valence-corrected chi connectivity index (χ3v) is 5.11. The molecule has 1 aromatic rings. The van der Waals surface area contributed by atoms with E-state index in [9.17, 15) is 0 Å². The fraction of sp³-hybridized carbons (Fsp3) is 0.700. The van der Waals surface area contributed by atoms with Crippen LogP contribution in [0.25, 0.3) is 0 Å². The number of hydrogen-bond donors (Lipinski definition) is 0. The SMILES string of the molecule is Cc1ncsc1CSC1CCCC1. The number of thioether (sulfide) groups is 1. The quantitative estimate of drug-likeness (QED) is 0.760. The van der Waals surface area contributed by atoms with Gasteiger partial charge in [-0.15, -0.1) is 11.3 Å². The summed E-state index contributed by atoms with van der Waals surface area (Å²) < 4.78 is 0. The molecule has 1 aliphatic carbocycles. The Morgan fingerprint density at radius 1 is 1.54 bits per heavy atom. The summed E-state index contributed by atoms with van der Waals surface area (Å²) in [7, 11) is 0. The highest BCUT2D eigenvalue weighted by Crippen LogP contribution is 2.32. The molecule has 1 aliphatic rings. The zero-order valence-corrected chi connectivity index (χ0v) is 9.59. The lowest BCUT2D eigenvalue weighted by Gasteiger charge is -2.06. The van der Waals surface area contributed by atoms with Crippen molar-refractivity contribution in [1.82, 2.24) is 4.98 Å². The Balaban J connectivity index is 1.82. The molecule has 13 heavy (non-hydrogen) atoms. The van der Waals surface area contributed by atoms with E-state index in [-0.39, 0.29) is 0 Å². The summed E-state index contributed by atoms with van der Waals surface area (Å²) in [6.45, 7) is 2.11. The van der Waals surface area contributed by atoms with Crippen LogP contribution in [0.3, 0.4) is 0 Å². The zero-order valence-electron chi connectivity index (χ0n) is 7.95. The molecule has 0 spiro atoms. The smallest absolute Gasteiger partial charge is 0.0797 e. The predicted octanol–water partition coefficient (Wildman–Crippen LogP) is 3.63. The molecular weight excluding hydrogens is 198 g/mol. The van der Waals surface area contributed by atoms with Crippen molar-refractivity contribution >= 4 is 23.1 Å². The van der Waals surface area contributed by atoms with Crippen LogP contribution >= 0.6 is 23.1 Å². The van der Waals surface area contributed by atoms with Gasteiger partial charge in [0.2, 0.25) is 0 Å². The summed E-state index contributed by atoms with van der Waals surface area (Å²) in [5, 5.41) is 0.932. The zero-order chi connectivity index (χ0) is 9.10. The third kappa shape index (κ3) is 2.47. The fourth-order valence-corrected chi connectivity index (χ4v) is 4.01. The van der Waals surface area contributed by atoms with Crippen LogP contribution in [-0.4, -0.2) is 10.2 Å². The lowest BCUT2D eigenvalue weighted by Crippen LogP contribution is -1.94. The van der Waals surface area contributed by atoms with E-state index in [4.69, 9.17) is 0 Å². The number of aryl methyl sites for hydroxylation is 1. The Labute approximate surface area is 88.0 Å². The summed E-state index contributed by atoms with van der Waals surface area (Å²) in [5.41, 5.74) is 3.19. The lowest BCUT2D eigenvalue weighted by atomic mass is 10.4. The van der Waals surface area contributed by atoms with Crippen molar-refractivity contribution in [2.45, 2.75) is 43.6 Å². The Bertz CT molecular complexity index is 264. The van der Waals surface area contributed by atoms with E-state index in [0.717, 1.165) is 5.25 Å². The maximum absolute atomic E-state index is 4.27. The minimum absolute atomic E-state index is 0.932. The molecule has 1 fully saturated rings. The van der Waals surface area contributed by atoms with E-state index in [1.165, 1.54) is 42.0 Å². The summed E-state index contributed by atoms with van der Waals surface area (Å²) in [6, 6.07) is 0. The minimum Gasteiger partial charge on any atom is -0.250 e. The molecule has 0 aliphatic heterocycles. The molecule has 0 amide bonds. The number of rotatable bonds is 3. The van der Waals surface area contributed by atoms with Gasteiger partial charge in [0.25, 0.3) is 0 Å². The van der Waals surface area contributed by atoms with E-state index in [1.54, 1.807) is 11.3 Å². The Hall–Kier alpha value is -0.0200. The highest BCUT2D eigenvalue weighted by atomic mass is 32.2. The monoisotopic (exact) mass is 213 g/mol. The van der Waals surface area contributed by atoms with Gasteiger partial charge in [0.05, 0.1) is 11.2 Å². The van der Waals surface area contributed by atoms with Gasteiger partial charge in [0.15, 0.2) is 0 Å². The van der Waals surface area contributed by atoms with Crippen molar-refractivity contribution in [3.05, 3.63) is 16.1 Å². The first-order chi connectivity index (χ1) is 6.36. The molecule has 0 N–H and O–H groups in total. The molecule has 1 nitrogen and oxygen atoms in total. The molecule has 0 aromatic carbocycles. The van der Waals surface area contributed by atoms with Gasteiger partial charge in [-0.25, -0.2) is 4.98 Å². The van der Waals surface area contributed by atoms with Crippen LogP contribution in [0.1, 0.15) is 36.3 Å². The van der Waals surface area contributed by atoms with Gasteiger partial charge in [-0.1, -0.05) is 12.8 Å². The summed E-state index contributed by atoms with van der Waals surface area (Å²) >= 11 is 3.93. The summed E-state index contributed by atoms with van der Waals surface area (Å²) in [6.07, 6.45) is 5.75. The molecule has 1 aromatic heterocycles. The first kappa shape index (κ1) is 9.53. The van der Waals surface area contributed by atoms with Gasteiger partial charge in [-0.05, 0) is 19.8 Å². The standard InChI is InChI=1S/C10H15NS2/c1-8-10(13-7-11-8)6-12-9-4-2-3-5-9/h7,9H,2-6H2,1H3. The van der Waals surface area contributed by atoms with Crippen LogP contribution in [0, 0.1) is 6.92 Å². The van der Waals surface area contributed by atoms with Crippen molar-refractivity contribution in [3.63, 3.8) is 0 Å².